The number of hydrogen-bond acceptors (Lipinski definition) is 6. The van der Waals surface area contributed by atoms with Crippen molar-refractivity contribution in [3.05, 3.63) is 131 Å². The molecular formula is C31H28N4O4S. The number of hydrogen-bond donors (Lipinski definition) is 2. The van der Waals surface area contributed by atoms with E-state index in [-0.39, 0.29) is 17.9 Å². The van der Waals surface area contributed by atoms with Gasteiger partial charge >= 0.3 is 0 Å². The highest BCUT2D eigenvalue weighted by Gasteiger charge is 2.23. The minimum Gasteiger partial charge on any atom is -0.489 e. The first-order chi connectivity index (χ1) is 19.3. The van der Waals surface area contributed by atoms with Crippen molar-refractivity contribution in [2.75, 3.05) is 0 Å². The molecule has 2 N–H and O–H groups in total. The molecule has 0 aliphatic rings. The Bertz CT molecular complexity index is 1610. The number of sulfonamides is 1. The number of hydrazone groups is 1. The Kier molecular flexibility index (Phi) is 9.41. The summed E-state index contributed by atoms with van der Waals surface area (Å²) in [6, 6.07) is 31.1. The van der Waals surface area contributed by atoms with E-state index in [1.807, 2.05) is 25.1 Å². The van der Waals surface area contributed by atoms with Gasteiger partial charge in [-0.05, 0) is 60.5 Å². The van der Waals surface area contributed by atoms with Crippen LogP contribution in [-0.4, -0.2) is 20.5 Å². The fraction of sp³-hybridized carbons (Fsp3) is 0.129. The van der Waals surface area contributed by atoms with Crippen molar-refractivity contribution in [1.29, 1.82) is 5.26 Å². The molecule has 9 heteroatoms. The molecule has 40 heavy (non-hydrogen) atoms. The summed E-state index contributed by atoms with van der Waals surface area (Å²) in [5, 5.41) is 13.2. The van der Waals surface area contributed by atoms with Crippen LogP contribution in [0.2, 0.25) is 0 Å². The largest absolute Gasteiger partial charge is 0.489 e. The maximum atomic E-state index is 13.0. The third kappa shape index (κ3) is 7.86. The predicted octanol–water partition coefficient (Wildman–Crippen LogP) is 5.01. The maximum Gasteiger partial charge on any atom is 0.242 e. The molecule has 4 aromatic carbocycles. The third-order valence-electron chi connectivity index (χ3n) is 6.04. The Hall–Kier alpha value is -4.78. The van der Waals surface area contributed by atoms with Gasteiger partial charge in [0.1, 0.15) is 12.4 Å². The zero-order valence-electron chi connectivity index (χ0n) is 21.8. The Morgan fingerprint density at radius 2 is 1.62 bits per heavy atom. The lowest BCUT2D eigenvalue weighted by molar-refractivity contribution is -0.121. The van der Waals surface area contributed by atoms with Crippen LogP contribution in [0.5, 0.6) is 5.75 Å². The van der Waals surface area contributed by atoms with Gasteiger partial charge in [-0.25, -0.2) is 18.6 Å². The van der Waals surface area contributed by atoms with E-state index in [1.165, 1.54) is 18.3 Å². The van der Waals surface area contributed by atoms with Crippen LogP contribution in [0.1, 0.15) is 40.3 Å². The van der Waals surface area contributed by atoms with Crippen molar-refractivity contribution >= 4 is 22.1 Å². The topological polar surface area (TPSA) is 121 Å². The van der Waals surface area contributed by atoms with E-state index < -0.39 is 22.0 Å². The molecule has 0 heterocycles. The van der Waals surface area contributed by atoms with Crippen molar-refractivity contribution in [3.63, 3.8) is 0 Å². The summed E-state index contributed by atoms with van der Waals surface area (Å²) in [6.07, 6.45) is 1.34. The molecule has 0 saturated heterocycles. The van der Waals surface area contributed by atoms with Gasteiger partial charge in [0.2, 0.25) is 15.9 Å². The smallest absolute Gasteiger partial charge is 0.242 e. The number of nitrogens with zero attached hydrogens (tertiary/aromatic N) is 2. The SMILES string of the molecule is Cc1ccc(S(=O)(=O)N[C@H](CC(=O)N/N=C\c2ccc(OCc3ccccc3C#N)cc2)c2ccccc2)cc1. The zero-order valence-corrected chi connectivity index (χ0v) is 22.6. The average Bonchev–Trinajstić information content (AvgIpc) is 2.97. The van der Waals surface area contributed by atoms with Gasteiger partial charge in [-0.3, -0.25) is 4.79 Å². The molecular weight excluding hydrogens is 524 g/mol. The summed E-state index contributed by atoms with van der Waals surface area (Å²) >= 11 is 0. The fourth-order valence-corrected chi connectivity index (χ4v) is 5.09. The number of nitrogens with one attached hydrogen (secondary N) is 2. The maximum absolute atomic E-state index is 13.0. The lowest BCUT2D eigenvalue weighted by atomic mass is 10.0. The van der Waals surface area contributed by atoms with Crippen LogP contribution in [0.3, 0.4) is 0 Å². The molecule has 4 rings (SSSR count). The highest BCUT2D eigenvalue weighted by molar-refractivity contribution is 7.89. The van der Waals surface area contributed by atoms with Crippen LogP contribution < -0.4 is 14.9 Å². The molecule has 0 aliphatic carbocycles. The van der Waals surface area contributed by atoms with E-state index in [4.69, 9.17) is 4.74 Å². The molecule has 1 atom stereocenters. The summed E-state index contributed by atoms with van der Waals surface area (Å²) in [5.74, 6) is 0.174. The molecule has 0 aromatic heterocycles. The van der Waals surface area contributed by atoms with Crippen molar-refractivity contribution < 1.29 is 17.9 Å². The molecule has 1 amide bonds. The second kappa shape index (κ2) is 13.3. The van der Waals surface area contributed by atoms with Crippen molar-refractivity contribution in [2.24, 2.45) is 5.10 Å². The number of carbonyl (C=O) groups excluding carboxylic acids is 1. The average molecular weight is 553 g/mol. The molecule has 0 aliphatic heterocycles. The zero-order chi connectivity index (χ0) is 28.4. The van der Waals surface area contributed by atoms with Crippen LogP contribution in [0.15, 0.2) is 113 Å². The Balaban J connectivity index is 1.35. The van der Waals surface area contributed by atoms with E-state index in [0.717, 1.165) is 16.7 Å². The van der Waals surface area contributed by atoms with Gasteiger partial charge in [0.25, 0.3) is 0 Å². The van der Waals surface area contributed by atoms with Gasteiger partial charge < -0.3 is 4.74 Å². The molecule has 0 radical (unpaired) electrons. The summed E-state index contributed by atoms with van der Waals surface area (Å²) in [7, 11) is -3.86. The van der Waals surface area contributed by atoms with E-state index in [2.05, 4.69) is 21.3 Å². The van der Waals surface area contributed by atoms with Crippen LogP contribution in [0.25, 0.3) is 0 Å². The van der Waals surface area contributed by atoms with Gasteiger partial charge in [-0.2, -0.15) is 10.4 Å². The van der Waals surface area contributed by atoms with Crippen molar-refractivity contribution in [1.82, 2.24) is 10.1 Å². The monoisotopic (exact) mass is 552 g/mol. The number of carbonyl (C=O) groups is 1. The minimum atomic E-state index is -3.86. The Morgan fingerprint density at radius 1 is 0.950 bits per heavy atom. The summed E-state index contributed by atoms with van der Waals surface area (Å²) < 4.78 is 34.4. The number of rotatable bonds is 11. The Morgan fingerprint density at radius 3 is 2.33 bits per heavy atom. The van der Waals surface area contributed by atoms with Gasteiger partial charge in [0.05, 0.1) is 28.8 Å². The number of amides is 1. The van der Waals surface area contributed by atoms with E-state index in [0.29, 0.717) is 16.9 Å². The highest BCUT2D eigenvalue weighted by Crippen LogP contribution is 2.21. The van der Waals surface area contributed by atoms with Crippen LogP contribution in [-0.2, 0) is 21.4 Å². The lowest BCUT2D eigenvalue weighted by Gasteiger charge is -2.18. The summed E-state index contributed by atoms with van der Waals surface area (Å²) in [5.41, 5.74) is 6.17. The molecule has 0 spiro atoms. The van der Waals surface area contributed by atoms with Crippen molar-refractivity contribution in [3.8, 4) is 11.8 Å². The predicted molar refractivity (Wildman–Crippen MR) is 153 cm³/mol. The molecule has 4 aromatic rings. The third-order valence-corrected chi connectivity index (χ3v) is 7.52. The molecule has 8 nitrogen and oxygen atoms in total. The van der Waals surface area contributed by atoms with E-state index in [1.54, 1.807) is 72.8 Å². The van der Waals surface area contributed by atoms with E-state index >= 15 is 0 Å². The number of ether oxygens (including phenoxy) is 1. The van der Waals surface area contributed by atoms with Crippen molar-refractivity contribution in [2.45, 2.75) is 30.9 Å². The number of benzene rings is 4. The fourth-order valence-electron chi connectivity index (χ4n) is 3.86. The normalized spacial score (nSPS) is 12.0. The first kappa shape index (κ1) is 28.2. The molecule has 0 saturated carbocycles. The lowest BCUT2D eigenvalue weighted by Crippen LogP contribution is -2.32. The number of aryl methyl sites for hydroxylation is 1. The highest BCUT2D eigenvalue weighted by atomic mass is 32.2. The minimum absolute atomic E-state index is 0.124. The standard InChI is InChI=1S/C31H28N4O4S/c1-23-11-17-29(18-12-23)40(37,38)35-30(25-7-3-2-4-8-25)19-31(36)34-33-21-24-13-15-28(16-14-24)39-22-27-10-6-5-9-26(27)20-32/h2-18,21,30,35H,19,22H2,1H3,(H,34,36)/b33-21-/t30-/m1/s1. The molecule has 0 unspecified atom stereocenters. The number of nitriles is 1. The summed E-state index contributed by atoms with van der Waals surface area (Å²) in [6.45, 7) is 2.14. The van der Waals surface area contributed by atoms with Gasteiger partial charge in [0.15, 0.2) is 0 Å². The Labute approximate surface area is 234 Å². The summed E-state index contributed by atoms with van der Waals surface area (Å²) in [4.78, 5) is 12.8. The van der Waals surface area contributed by atoms with Crippen LogP contribution in [0.4, 0.5) is 0 Å². The first-order valence-corrected chi connectivity index (χ1v) is 14.0. The van der Waals surface area contributed by atoms with Gasteiger partial charge in [-0.1, -0.05) is 66.2 Å². The molecule has 0 bridgehead atoms. The van der Waals surface area contributed by atoms with Gasteiger partial charge in [0, 0.05) is 12.0 Å². The van der Waals surface area contributed by atoms with Gasteiger partial charge in [-0.15, -0.1) is 0 Å². The van der Waals surface area contributed by atoms with Crippen LogP contribution in [0, 0.1) is 18.3 Å². The second-order valence-electron chi connectivity index (χ2n) is 9.02. The molecule has 202 valence electrons. The van der Waals surface area contributed by atoms with Crippen LogP contribution >= 0.6 is 0 Å². The molecule has 0 fully saturated rings. The quantitative estimate of drug-likeness (QED) is 0.200. The first-order valence-electron chi connectivity index (χ1n) is 12.5. The van der Waals surface area contributed by atoms with E-state index in [9.17, 15) is 18.5 Å². The second-order valence-corrected chi connectivity index (χ2v) is 10.7.